The monoisotopic (exact) mass is 330 g/mol. The van der Waals surface area contributed by atoms with Crippen molar-refractivity contribution in [3.8, 4) is 11.4 Å². The molecule has 3 aromatic heterocycles. The molecule has 0 radical (unpaired) electrons. The Morgan fingerprint density at radius 1 is 1.38 bits per heavy atom. The third-order valence-electron chi connectivity index (χ3n) is 3.66. The zero-order chi connectivity index (χ0) is 17.5. The molecule has 0 aliphatic carbocycles. The smallest absolute Gasteiger partial charge is 0.356 e. The molecule has 3 aromatic rings. The Labute approximate surface area is 137 Å². The van der Waals surface area contributed by atoms with Crippen molar-refractivity contribution < 1.29 is 14.4 Å². The van der Waals surface area contributed by atoms with E-state index in [-0.39, 0.29) is 11.1 Å². The first-order valence-corrected chi connectivity index (χ1v) is 7.37. The molecule has 0 amide bonds. The maximum absolute atomic E-state index is 11.0. The van der Waals surface area contributed by atoms with Crippen molar-refractivity contribution in [1.29, 1.82) is 0 Å². The van der Waals surface area contributed by atoms with Gasteiger partial charge in [0.1, 0.15) is 17.7 Å². The van der Waals surface area contributed by atoms with Gasteiger partial charge >= 0.3 is 5.97 Å². The van der Waals surface area contributed by atoms with Crippen LogP contribution in [0.1, 0.15) is 42.5 Å². The molecule has 0 atom stereocenters. The maximum Gasteiger partial charge on any atom is 0.356 e. The minimum absolute atomic E-state index is 0.0337. The Balaban J connectivity index is 1.87. The number of carbonyl (C=O) groups is 1. The average molecular weight is 330 g/mol. The summed E-state index contributed by atoms with van der Waals surface area (Å²) in [6.45, 7) is 6.66. The highest BCUT2D eigenvalue weighted by Gasteiger charge is 2.22. The minimum Gasteiger partial charge on any atom is -0.476 e. The van der Waals surface area contributed by atoms with Crippen LogP contribution in [0.25, 0.3) is 11.4 Å². The van der Waals surface area contributed by atoms with Crippen LogP contribution in [0.4, 0.5) is 0 Å². The van der Waals surface area contributed by atoms with E-state index in [1.54, 1.807) is 24.2 Å². The molecule has 0 unspecified atom stereocenters. The van der Waals surface area contributed by atoms with Crippen molar-refractivity contribution in [2.75, 3.05) is 0 Å². The lowest BCUT2D eigenvalue weighted by Crippen LogP contribution is -2.14. The van der Waals surface area contributed by atoms with Gasteiger partial charge in [-0.2, -0.15) is 5.10 Å². The quantitative estimate of drug-likeness (QED) is 0.775. The molecule has 0 bridgehead atoms. The van der Waals surface area contributed by atoms with Crippen molar-refractivity contribution in [1.82, 2.24) is 29.9 Å². The van der Waals surface area contributed by atoms with Gasteiger partial charge in [-0.25, -0.2) is 9.48 Å². The lowest BCUT2D eigenvalue weighted by molar-refractivity contribution is 0.0689. The van der Waals surface area contributed by atoms with Crippen LogP contribution in [0.15, 0.2) is 23.0 Å². The van der Waals surface area contributed by atoms with Gasteiger partial charge in [0.25, 0.3) is 0 Å². The summed E-state index contributed by atoms with van der Waals surface area (Å²) in [5, 5.41) is 25.2. The second kappa shape index (κ2) is 5.59. The van der Waals surface area contributed by atoms with Crippen LogP contribution >= 0.6 is 0 Å². The third kappa shape index (κ3) is 2.92. The molecule has 3 rings (SSSR count). The normalized spacial score (nSPS) is 11.8. The van der Waals surface area contributed by atoms with Crippen molar-refractivity contribution >= 4 is 5.97 Å². The fraction of sp³-hybridized carbons (Fsp3) is 0.400. The van der Waals surface area contributed by atoms with Gasteiger partial charge in [0, 0.05) is 18.7 Å². The molecule has 0 aliphatic heterocycles. The van der Waals surface area contributed by atoms with Crippen molar-refractivity contribution in [3.63, 3.8) is 0 Å². The van der Waals surface area contributed by atoms with Gasteiger partial charge < -0.3 is 9.63 Å². The Hall–Kier alpha value is -2.97. The summed E-state index contributed by atoms with van der Waals surface area (Å²) in [7, 11) is 1.66. The fourth-order valence-corrected chi connectivity index (χ4v) is 2.44. The van der Waals surface area contributed by atoms with Crippen LogP contribution in [0.5, 0.6) is 0 Å². The van der Waals surface area contributed by atoms with Gasteiger partial charge in [0.05, 0.1) is 18.4 Å². The number of hydrogen-bond donors (Lipinski definition) is 1. The van der Waals surface area contributed by atoms with Crippen LogP contribution in [0.2, 0.25) is 0 Å². The van der Waals surface area contributed by atoms with Crippen LogP contribution < -0.4 is 0 Å². The van der Waals surface area contributed by atoms with Crippen LogP contribution in [0, 0.1) is 0 Å². The van der Waals surface area contributed by atoms with Gasteiger partial charge in [0.15, 0.2) is 5.69 Å². The summed E-state index contributed by atoms with van der Waals surface area (Å²) in [5.41, 5.74) is 2.79. The van der Waals surface area contributed by atoms with Crippen LogP contribution in [-0.2, 0) is 19.0 Å². The largest absolute Gasteiger partial charge is 0.476 e. The van der Waals surface area contributed by atoms with E-state index in [0.717, 1.165) is 11.3 Å². The van der Waals surface area contributed by atoms with E-state index in [1.165, 1.54) is 10.7 Å². The number of aromatic carboxylic acids is 1. The van der Waals surface area contributed by atoms with Gasteiger partial charge in [0.2, 0.25) is 0 Å². The SMILES string of the molecule is Cn1nc(C(=O)O)cc1-c1cn(Cc2nocc2C(C)(C)C)nn1. The first-order valence-electron chi connectivity index (χ1n) is 7.37. The fourth-order valence-electron chi connectivity index (χ4n) is 2.44. The zero-order valence-electron chi connectivity index (χ0n) is 13.9. The zero-order valence-corrected chi connectivity index (χ0v) is 13.9. The van der Waals surface area contributed by atoms with E-state index in [0.29, 0.717) is 17.9 Å². The van der Waals surface area contributed by atoms with Crippen molar-refractivity contribution in [2.24, 2.45) is 7.05 Å². The summed E-state index contributed by atoms with van der Waals surface area (Å²) >= 11 is 0. The molecule has 24 heavy (non-hydrogen) atoms. The molecule has 0 aliphatic rings. The lowest BCUT2D eigenvalue weighted by Gasteiger charge is -2.16. The highest BCUT2D eigenvalue weighted by atomic mass is 16.5. The predicted molar refractivity (Wildman–Crippen MR) is 83.5 cm³/mol. The number of rotatable bonds is 4. The summed E-state index contributed by atoms with van der Waals surface area (Å²) in [6.07, 6.45) is 3.37. The number of aromatic nitrogens is 6. The summed E-state index contributed by atoms with van der Waals surface area (Å²) in [4.78, 5) is 11.0. The second-order valence-corrected chi connectivity index (χ2v) is 6.57. The Kier molecular flexibility index (Phi) is 3.70. The first kappa shape index (κ1) is 15.9. The molecule has 0 spiro atoms. The number of nitrogens with zero attached hydrogens (tertiary/aromatic N) is 6. The molecular weight excluding hydrogens is 312 g/mol. The molecule has 1 N–H and O–H groups in total. The maximum atomic E-state index is 11.0. The highest BCUT2D eigenvalue weighted by molar-refractivity contribution is 5.86. The molecule has 9 heteroatoms. The van der Waals surface area contributed by atoms with E-state index in [1.807, 2.05) is 0 Å². The van der Waals surface area contributed by atoms with E-state index in [2.05, 4.69) is 41.3 Å². The summed E-state index contributed by atoms with van der Waals surface area (Å²) in [6, 6.07) is 1.47. The van der Waals surface area contributed by atoms with E-state index < -0.39 is 5.97 Å². The number of carboxylic acid groups (broad SMARTS) is 1. The van der Waals surface area contributed by atoms with Gasteiger partial charge in [-0.3, -0.25) is 4.68 Å². The van der Waals surface area contributed by atoms with E-state index >= 15 is 0 Å². The van der Waals surface area contributed by atoms with E-state index in [9.17, 15) is 4.79 Å². The topological polar surface area (TPSA) is 112 Å². The third-order valence-corrected chi connectivity index (χ3v) is 3.66. The Morgan fingerprint density at radius 3 is 2.75 bits per heavy atom. The van der Waals surface area contributed by atoms with Crippen LogP contribution in [-0.4, -0.2) is 41.0 Å². The molecular formula is C15H18N6O3. The molecule has 126 valence electrons. The molecule has 0 fully saturated rings. The molecule has 3 heterocycles. The number of aryl methyl sites for hydroxylation is 1. The molecule has 0 aromatic carbocycles. The van der Waals surface area contributed by atoms with Gasteiger partial charge in [-0.15, -0.1) is 5.10 Å². The highest BCUT2D eigenvalue weighted by Crippen LogP contribution is 2.26. The predicted octanol–water partition coefficient (Wildman–Crippen LogP) is 1.71. The Morgan fingerprint density at radius 2 is 2.12 bits per heavy atom. The Bertz CT molecular complexity index is 883. The van der Waals surface area contributed by atoms with Crippen molar-refractivity contribution in [3.05, 3.63) is 35.5 Å². The average Bonchev–Trinajstić information content (AvgIpc) is 3.17. The standard InChI is InChI=1S/C15H18N6O3/c1-15(2,3)9-8-24-18-11(9)6-21-7-12(16-19-21)13-5-10(14(22)23)17-20(13)4/h5,7-8H,6H2,1-4H3,(H,22,23). The lowest BCUT2D eigenvalue weighted by atomic mass is 9.87. The van der Waals surface area contributed by atoms with E-state index in [4.69, 9.17) is 9.63 Å². The molecule has 0 saturated heterocycles. The summed E-state index contributed by atoms with van der Waals surface area (Å²) in [5.74, 6) is -1.08. The second-order valence-electron chi connectivity index (χ2n) is 6.57. The van der Waals surface area contributed by atoms with Crippen molar-refractivity contribution in [2.45, 2.75) is 32.7 Å². The first-order chi connectivity index (χ1) is 11.3. The van der Waals surface area contributed by atoms with Crippen LogP contribution in [0.3, 0.4) is 0 Å². The molecule has 0 saturated carbocycles. The van der Waals surface area contributed by atoms with Gasteiger partial charge in [-0.05, 0) is 5.41 Å². The molecule has 9 nitrogen and oxygen atoms in total. The summed E-state index contributed by atoms with van der Waals surface area (Å²) < 4.78 is 8.20. The minimum atomic E-state index is -1.08. The number of carboxylic acids is 1. The van der Waals surface area contributed by atoms with Gasteiger partial charge in [-0.1, -0.05) is 31.1 Å². The number of hydrogen-bond acceptors (Lipinski definition) is 6.